The van der Waals surface area contributed by atoms with Gasteiger partial charge in [-0.2, -0.15) is 5.26 Å². The second-order valence-electron chi connectivity index (χ2n) is 5.69. The summed E-state index contributed by atoms with van der Waals surface area (Å²) in [5.41, 5.74) is 1.94. The van der Waals surface area contributed by atoms with E-state index in [9.17, 15) is 9.59 Å². The Bertz CT molecular complexity index is 813. The van der Waals surface area contributed by atoms with Crippen LogP contribution in [0.2, 0.25) is 0 Å². The van der Waals surface area contributed by atoms with E-state index < -0.39 is 18.0 Å². The number of nitriles is 1. The quantitative estimate of drug-likeness (QED) is 0.592. The Hall–Kier alpha value is -2.78. The smallest absolute Gasteiger partial charge is 0.307 e. The number of amides is 1. The van der Waals surface area contributed by atoms with Crippen molar-refractivity contribution in [3.05, 3.63) is 59.7 Å². The van der Waals surface area contributed by atoms with Crippen molar-refractivity contribution in [3.63, 3.8) is 0 Å². The average Bonchev–Trinajstić information content (AvgIpc) is 2.63. The van der Waals surface area contributed by atoms with Crippen molar-refractivity contribution in [3.8, 4) is 6.07 Å². The predicted octanol–water partition coefficient (Wildman–Crippen LogP) is 3.92. The van der Waals surface area contributed by atoms with Crippen molar-refractivity contribution >= 4 is 29.3 Å². The van der Waals surface area contributed by atoms with Gasteiger partial charge in [0.15, 0.2) is 6.10 Å². The lowest BCUT2D eigenvalue weighted by Crippen LogP contribution is -2.30. The highest BCUT2D eigenvalue weighted by Crippen LogP contribution is 2.19. The molecule has 0 bridgehead atoms. The molecule has 1 N–H and O–H groups in total. The highest BCUT2D eigenvalue weighted by Gasteiger charge is 2.18. The molecule has 0 heterocycles. The van der Waals surface area contributed by atoms with Crippen LogP contribution >= 0.6 is 11.8 Å². The van der Waals surface area contributed by atoms with Crippen molar-refractivity contribution in [1.82, 2.24) is 0 Å². The Kier molecular flexibility index (Phi) is 7.24. The van der Waals surface area contributed by atoms with Crippen LogP contribution in [0.5, 0.6) is 0 Å². The maximum Gasteiger partial charge on any atom is 0.307 e. The van der Waals surface area contributed by atoms with E-state index in [4.69, 9.17) is 10.00 Å². The summed E-state index contributed by atoms with van der Waals surface area (Å²) >= 11 is 1.56. The van der Waals surface area contributed by atoms with Gasteiger partial charge in [0.1, 0.15) is 6.07 Å². The van der Waals surface area contributed by atoms with E-state index >= 15 is 0 Å². The van der Waals surface area contributed by atoms with E-state index in [2.05, 4.69) is 5.32 Å². The summed E-state index contributed by atoms with van der Waals surface area (Å²) in [5, 5.41) is 11.6. The monoisotopic (exact) mass is 368 g/mol. The van der Waals surface area contributed by atoms with Gasteiger partial charge >= 0.3 is 5.97 Å². The summed E-state index contributed by atoms with van der Waals surface area (Å²) in [6.45, 7) is 3.53. The largest absolute Gasteiger partial charge is 0.453 e. The summed E-state index contributed by atoms with van der Waals surface area (Å²) in [6.07, 6.45) is -0.719. The molecule has 0 saturated heterocycles. The number of benzene rings is 2. The predicted molar refractivity (Wildman–Crippen MR) is 102 cm³/mol. The second kappa shape index (κ2) is 9.64. The molecule has 0 unspecified atom stereocenters. The Morgan fingerprint density at radius 1 is 1.19 bits per heavy atom. The fraction of sp³-hybridized carbons (Fsp3) is 0.250. The van der Waals surface area contributed by atoms with Gasteiger partial charge < -0.3 is 10.1 Å². The van der Waals surface area contributed by atoms with Crippen molar-refractivity contribution in [2.75, 3.05) is 11.1 Å². The van der Waals surface area contributed by atoms with Crippen molar-refractivity contribution in [1.29, 1.82) is 5.26 Å². The number of carbonyl (C=O) groups excluding carboxylic acids is 2. The number of rotatable bonds is 7. The lowest BCUT2D eigenvalue weighted by molar-refractivity contribution is -0.152. The molecule has 26 heavy (non-hydrogen) atoms. The van der Waals surface area contributed by atoms with Gasteiger partial charge in [0, 0.05) is 10.6 Å². The van der Waals surface area contributed by atoms with Crippen LogP contribution in [0, 0.1) is 18.3 Å². The second-order valence-corrected chi connectivity index (χ2v) is 6.86. The SMILES string of the molecule is Cc1ccc(SCCC(=O)O[C@@H](C)C(=O)Nc2ccccc2C#N)cc1. The van der Waals surface area contributed by atoms with Gasteiger partial charge in [0.05, 0.1) is 17.7 Å². The summed E-state index contributed by atoms with van der Waals surface area (Å²) in [4.78, 5) is 25.1. The molecular formula is C20H20N2O3S. The van der Waals surface area contributed by atoms with Gasteiger partial charge in [-0.3, -0.25) is 9.59 Å². The molecule has 0 aromatic heterocycles. The molecule has 0 aliphatic heterocycles. The fourth-order valence-corrected chi connectivity index (χ4v) is 2.95. The molecule has 0 spiro atoms. The number of ether oxygens (including phenoxy) is 1. The molecule has 2 aromatic carbocycles. The number of carbonyl (C=O) groups is 2. The van der Waals surface area contributed by atoms with E-state index in [1.54, 1.807) is 36.0 Å². The van der Waals surface area contributed by atoms with Crippen molar-refractivity contribution < 1.29 is 14.3 Å². The summed E-state index contributed by atoms with van der Waals surface area (Å²) in [7, 11) is 0. The molecule has 5 nitrogen and oxygen atoms in total. The van der Waals surface area contributed by atoms with E-state index in [0.29, 0.717) is 17.0 Å². The van der Waals surface area contributed by atoms with E-state index in [0.717, 1.165) is 4.90 Å². The zero-order chi connectivity index (χ0) is 18.9. The number of hydrogen-bond donors (Lipinski definition) is 1. The Morgan fingerprint density at radius 3 is 2.58 bits per heavy atom. The normalized spacial score (nSPS) is 11.3. The van der Waals surface area contributed by atoms with Crippen LogP contribution in [0.4, 0.5) is 5.69 Å². The van der Waals surface area contributed by atoms with Crippen LogP contribution < -0.4 is 5.32 Å². The number of aryl methyl sites for hydroxylation is 1. The first-order chi connectivity index (χ1) is 12.5. The number of thioether (sulfide) groups is 1. The third-order valence-corrected chi connectivity index (χ3v) is 4.59. The number of anilines is 1. The van der Waals surface area contributed by atoms with Crippen LogP contribution in [0.1, 0.15) is 24.5 Å². The molecular weight excluding hydrogens is 348 g/mol. The number of nitrogens with one attached hydrogen (secondary N) is 1. The highest BCUT2D eigenvalue weighted by atomic mass is 32.2. The van der Waals surface area contributed by atoms with Crippen LogP contribution in [0.3, 0.4) is 0 Å². The van der Waals surface area contributed by atoms with E-state index in [1.807, 2.05) is 37.3 Å². The molecule has 6 heteroatoms. The van der Waals surface area contributed by atoms with Gasteiger partial charge in [-0.15, -0.1) is 11.8 Å². The maximum absolute atomic E-state index is 12.1. The molecule has 0 saturated carbocycles. The molecule has 134 valence electrons. The first-order valence-electron chi connectivity index (χ1n) is 8.18. The number of esters is 1. The molecule has 0 aliphatic carbocycles. The molecule has 1 atom stereocenters. The van der Waals surface area contributed by atoms with Crippen LogP contribution in [0.15, 0.2) is 53.4 Å². The third kappa shape index (κ3) is 5.94. The Balaban J connectivity index is 1.78. The van der Waals surface area contributed by atoms with Crippen molar-refractivity contribution in [2.45, 2.75) is 31.3 Å². The number of nitrogens with zero attached hydrogens (tertiary/aromatic N) is 1. The molecule has 0 fully saturated rings. The lowest BCUT2D eigenvalue weighted by atomic mass is 10.2. The zero-order valence-corrected chi connectivity index (χ0v) is 15.5. The third-order valence-electron chi connectivity index (χ3n) is 3.58. The van der Waals surface area contributed by atoms with Gasteiger partial charge in [-0.25, -0.2) is 0 Å². The molecule has 0 aliphatic rings. The first-order valence-corrected chi connectivity index (χ1v) is 9.17. The summed E-state index contributed by atoms with van der Waals surface area (Å²) in [6, 6.07) is 16.7. The maximum atomic E-state index is 12.1. The average molecular weight is 368 g/mol. The summed E-state index contributed by atoms with van der Waals surface area (Å²) in [5.74, 6) is -0.318. The minimum Gasteiger partial charge on any atom is -0.453 e. The Morgan fingerprint density at radius 2 is 1.88 bits per heavy atom. The number of hydrogen-bond acceptors (Lipinski definition) is 5. The first kappa shape index (κ1) is 19.5. The highest BCUT2D eigenvalue weighted by molar-refractivity contribution is 7.99. The van der Waals surface area contributed by atoms with Gasteiger partial charge in [0.2, 0.25) is 0 Å². The van der Waals surface area contributed by atoms with Crippen LogP contribution in [-0.4, -0.2) is 23.7 Å². The van der Waals surface area contributed by atoms with Crippen LogP contribution in [-0.2, 0) is 14.3 Å². The van der Waals surface area contributed by atoms with Gasteiger partial charge in [-0.1, -0.05) is 29.8 Å². The van der Waals surface area contributed by atoms with Gasteiger partial charge in [0.25, 0.3) is 5.91 Å². The van der Waals surface area contributed by atoms with E-state index in [-0.39, 0.29) is 6.42 Å². The van der Waals surface area contributed by atoms with Crippen molar-refractivity contribution in [2.24, 2.45) is 0 Å². The number of para-hydroxylation sites is 1. The lowest BCUT2D eigenvalue weighted by Gasteiger charge is -2.14. The molecule has 2 aromatic rings. The zero-order valence-electron chi connectivity index (χ0n) is 14.7. The summed E-state index contributed by atoms with van der Waals surface area (Å²) < 4.78 is 5.17. The minimum absolute atomic E-state index is 0.213. The fourth-order valence-electron chi connectivity index (χ4n) is 2.12. The molecule has 1 amide bonds. The van der Waals surface area contributed by atoms with E-state index in [1.165, 1.54) is 12.5 Å². The van der Waals surface area contributed by atoms with Gasteiger partial charge in [-0.05, 0) is 38.1 Å². The Labute approximate surface area is 157 Å². The standard InChI is InChI=1S/C20H20N2O3S/c1-14-7-9-17(10-8-14)26-12-11-19(23)25-15(2)20(24)22-18-6-4-3-5-16(18)13-21/h3-10,15H,11-12H2,1-2H3,(H,22,24)/t15-/m0/s1. The topological polar surface area (TPSA) is 79.2 Å². The molecule has 2 rings (SSSR count). The van der Waals surface area contributed by atoms with Crippen LogP contribution in [0.25, 0.3) is 0 Å². The minimum atomic E-state index is -0.932. The molecule has 0 radical (unpaired) electrons.